The van der Waals surface area contributed by atoms with E-state index in [9.17, 15) is 4.79 Å². The Labute approximate surface area is 99.4 Å². The van der Waals surface area contributed by atoms with E-state index in [1.807, 2.05) is 4.90 Å². The summed E-state index contributed by atoms with van der Waals surface area (Å²) < 4.78 is 5.90. The summed E-state index contributed by atoms with van der Waals surface area (Å²) in [6.07, 6.45) is 3.51. The number of hydrogen-bond donors (Lipinski definition) is 0. The normalized spacial score (nSPS) is 55.1. The Balaban J connectivity index is 1.96. The average molecular weight is 325 g/mol. The molecule has 4 rings (SSSR count). The largest absolute Gasteiger partial charge is 0.372 e. The van der Waals surface area contributed by atoms with Crippen LogP contribution in [0.4, 0.5) is 0 Å². The first-order chi connectivity index (χ1) is 6.72. The van der Waals surface area contributed by atoms with E-state index in [0.717, 1.165) is 19.3 Å². The summed E-state index contributed by atoms with van der Waals surface area (Å²) in [7, 11) is 0. The molecule has 0 spiro atoms. The van der Waals surface area contributed by atoms with E-state index in [1.165, 1.54) is 0 Å². The lowest BCUT2D eigenvalue weighted by atomic mass is 9.78. The first-order valence-corrected chi connectivity index (χ1v) is 6.72. The highest BCUT2D eigenvalue weighted by Gasteiger charge is 2.56. The molecule has 0 saturated carbocycles. The lowest BCUT2D eigenvalue weighted by Gasteiger charge is -2.59. The van der Waals surface area contributed by atoms with Crippen LogP contribution >= 0.6 is 31.9 Å². The fourth-order valence-electron chi connectivity index (χ4n) is 2.95. The summed E-state index contributed by atoms with van der Waals surface area (Å²) in [4.78, 5) is 13.6. The SMILES string of the molecule is O=CN1C2CC3OC(CC1C3Br)C2Br. The van der Waals surface area contributed by atoms with Crippen molar-refractivity contribution in [3.63, 3.8) is 0 Å². The Hall–Kier alpha value is 0.390. The quantitative estimate of drug-likeness (QED) is 0.537. The Morgan fingerprint density at radius 1 is 1.14 bits per heavy atom. The van der Waals surface area contributed by atoms with Crippen LogP contribution in [0.1, 0.15) is 12.8 Å². The predicted octanol–water partition coefficient (Wildman–Crippen LogP) is 1.28. The molecule has 78 valence electrons. The van der Waals surface area contributed by atoms with Gasteiger partial charge in [0, 0.05) is 12.1 Å². The monoisotopic (exact) mass is 323 g/mol. The Kier molecular flexibility index (Phi) is 2.19. The number of halogens is 2. The second kappa shape index (κ2) is 3.19. The number of alkyl halides is 2. The number of rotatable bonds is 1. The maximum absolute atomic E-state index is 11.0. The maximum Gasteiger partial charge on any atom is 0.210 e. The zero-order chi connectivity index (χ0) is 9.87. The van der Waals surface area contributed by atoms with E-state index in [2.05, 4.69) is 31.9 Å². The van der Waals surface area contributed by atoms with Gasteiger partial charge in [0.05, 0.1) is 21.9 Å². The molecule has 3 nitrogen and oxygen atoms in total. The molecule has 4 saturated heterocycles. The molecule has 6 atom stereocenters. The Morgan fingerprint density at radius 3 is 2.07 bits per heavy atom. The third kappa shape index (κ3) is 1.09. The van der Waals surface area contributed by atoms with Crippen molar-refractivity contribution < 1.29 is 9.53 Å². The lowest BCUT2D eigenvalue weighted by Crippen LogP contribution is -2.71. The second-order valence-corrected chi connectivity index (χ2v) is 6.38. The third-order valence-corrected chi connectivity index (χ3v) is 6.03. The molecule has 4 aliphatic heterocycles. The minimum atomic E-state index is 0.300. The fraction of sp³-hybridized carbons (Fsp3) is 0.889. The van der Waals surface area contributed by atoms with Crippen LogP contribution in [0.3, 0.4) is 0 Å². The van der Waals surface area contributed by atoms with Gasteiger partial charge in [0.25, 0.3) is 0 Å². The van der Waals surface area contributed by atoms with Crippen molar-refractivity contribution in [3.05, 3.63) is 0 Å². The molecule has 0 radical (unpaired) electrons. The zero-order valence-electron chi connectivity index (χ0n) is 7.48. The molecule has 0 aromatic carbocycles. The number of ether oxygens (including phenoxy) is 1. The second-order valence-electron chi connectivity index (χ2n) is 4.26. The molecular formula is C9H11Br2NO2. The van der Waals surface area contributed by atoms with E-state index in [1.54, 1.807) is 0 Å². The van der Waals surface area contributed by atoms with Crippen molar-refractivity contribution in [3.8, 4) is 0 Å². The van der Waals surface area contributed by atoms with Gasteiger partial charge in [-0.25, -0.2) is 0 Å². The van der Waals surface area contributed by atoms with Gasteiger partial charge in [-0.1, -0.05) is 31.9 Å². The van der Waals surface area contributed by atoms with Gasteiger partial charge in [-0.15, -0.1) is 0 Å². The van der Waals surface area contributed by atoms with Gasteiger partial charge in [0.15, 0.2) is 0 Å². The van der Waals surface area contributed by atoms with E-state index < -0.39 is 0 Å². The summed E-state index contributed by atoms with van der Waals surface area (Å²) in [5.74, 6) is 0. The number of amides is 1. The molecule has 4 heterocycles. The van der Waals surface area contributed by atoms with Gasteiger partial charge < -0.3 is 9.64 Å². The topological polar surface area (TPSA) is 29.5 Å². The molecule has 4 bridgehead atoms. The summed E-state index contributed by atoms with van der Waals surface area (Å²) >= 11 is 7.28. The van der Waals surface area contributed by atoms with Crippen molar-refractivity contribution in [1.82, 2.24) is 4.90 Å². The maximum atomic E-state index is 11.0. The summed E-state index contributed by atoms with van der Waals surface area (Å²) in [6.45, 7) is 0. The number of nitrogens with zero attached hydrogens (tertiary/aromatic N) is 1. The van der Waals surface area contributed by atoms with E-state index in [4.69, 9.17) is 4.74 Å². The first kappa shape index (κ1) is 9.60. The highest BCUT2D eigenvalue weighted by molar-refractivity contribution is 9.09. The van der Waals surface area contributed by atoms with Crippen LogP contribution in [0.5, 0.6) is 0 Å². The predicted molar refractivity (Wildman–Crippen MR) is 58.8 cm³/mol. The molecule has 0 aromatic rings. The van der Waals surface area contributed by atoms with Crippen molar-refractivity contribution in [2.24, 2.45) is 0 Å². The average Bonchev–Trinajstić information content (AvgIpc) is 2.16. The van der Waals surface area contributed by atoms with Gasteiger partial charge >= 0.3 is 0 Å². The standard InChI is InChI=1S/C9H11Br2NO2/c10-8-4-1-6-9(11)5(12(4)3-13)2-7(8)14-6/h3-9H,1-2H2. The highest BCUT2D eigenvalue weighted by atomic mass is 79.9. The third-order valence-electron chi connectivity index (χ3n) is 3.63. The minimum Gasteiger partial charge on any atom is -0.372 e. The van der Waals surface area contributed by atoms with E-state index >= 15 is 0 Å². The van der Waals surface area contributed by atoms with Gasteiger partial charge in [-0.2, -0.15) is 0 Å². The molecule has 0 aromatic heterocycles. The Morgan fingerprint density at radius 2 is 1.64 bits per heavy atom. The summed E-state index contributed by atoms with van der Waals surface area (Å²) in [6, 6.07) is 0.674. The molecule has 0 N–H and O–H groups in total. The number of hydrogen-bond acceptors (Lipinski definition) is 2. The summed E-state index contributed by atoms with van der Waals surface area (Å²) in [5, 5.41) is 0. The molecular weight excluding hydrogens is 314 g/mol. The molecule has 1 amide bonds. The van der Waals surface area contributed by atoms with Crippen LogP contribution in [0.25, 0.3) is 0 Å². The van der Waals surface area contributed by atoms with Crippen LogP contribution in [0.2, 0.25) is 0 Å². The highest BCUT2D eigenvalue weighted by Crippen LogP contribution is 2.47. The smallest absolute Gasteiger partial charge is 0.210 e. The van der Waals surface area contributed by atoms with Crippen molar-refractivity contribution in [1.29, 1.82) is 0 Å². The molecule has 5 heteroatoms. The number of carbonyl (C=O) groups excluding carboxylic acids is 1. The van der Waals surface area contributed by atoms with Crippen molar-refractivity contribution in [2.45, 2.75) is 46.8 Å². The van der Waals surface area contributed by atoms with Crippen LogP contribution in [0, 0.1) is 0 Å². The van der Waals surface area contributed by atoms with Gasteiger partial charge in [0.1, 0.15) is 0 Å². The van der Waals surface area contributed by atoms with Crippen molar-refractivity contribution >= 4 is 38.3 Å². The molecule has 0 aliphatic carbocycles. The fourth-order valence-corrected chi connectivity index (χ4v) is 4.61. The minimum absolute atomic E-state index is 0.300. The van der Waals surface area contributed by atoms with Gasteiger partial charge in [-0.3, -0.25) is 4.79 Å². The van der Waals surface area contributed by atoms with Gasteiger partial charge in [0.2, 0.25) is 6.41 Å². The van der Waals surface area contributed by atoms with Gasteiger partial charge in [-0.05, 0) is 12.8 Å². The lowest BCUT2D eigenvalue weighted by molar-refractivity contribution is -0.173. The molecule has 4 aliphatic rings. The first-order valence-electron chi connectivity index (χ1n) is 4.88. The molecule has 6 unspecified atom stereocenters. The van der Waals surface area contributed by atoms with Crippen LogP contribution < -0.4 is 0 Å². The van der Waals surface area contributed by atoms with Crippen molar-refractivity contribution in [2.75, 3.05) is 0 Å². The van der Waals surface area contributed by atoms with E-state index in [0.29, 0.717) is 33.9 Å². The van der Waals surface area contributed by atoms with E-state index in [-0.39, 0.29) is 0 Å². The molecule has 14 heavy (non-hydrogen) atoms. The molecule has 4 fully saturated rings. The number of carbonyl (C=O) groups is 1. The number of piperidine rings is 2. The van der Waals surface area contributed by atoms with Crippen LogP contribution in [-0.4, -0.2) is 45.3 Å². The van der Waals surface area contributed by atoms with Crippen LogP contribution in [0.15, 0.2) is 0 Å². The summed E-state index contributed by atoms with van der Waals surface area (Å²) in [5.41, 5.74) is 0. The van der Waals surface area contributed by atoms with Crippen LogP contribution in [-0.2, 0) is 9.53 Å². The zero-order valence-corrected chi connectivity index (χ0v) is 10.6. The Bertz CT molecular complexity index is 254.